The van der Waals surface area contributed by atoms with E-state index in [1.165, 1.54) is 0 Å². The van der Waals surface area contributed by atoms with Gasteiger partial charge in [-0.25, -0.2) is 0 Å². The second-order valence-corrected chi connectivity index (χ2v) is 7.15. The van der Waals surface area contributed by atoms with Crippen LogP contribution in [0.15, 0.2) is 47.5 Å². The number of hydrogen-bond acceptors (Lipinski definition) is 4. The van der Waals surface area contributed by atoms with Gasteiger partial charge in [0, 0.05) is 5.02 Å². The highest BCUT2D eigenvalue weighted by Crippen LogP contribution is 2.37. The van der Waals surface area contributed by atoms with Crippen molar-refractivity contribution in [2.75, 3.05) is 23.7 Å². The fourth-order valence-corrected chi connectivity index (χ4v) is 3.86. The van der Waals surface area contributed by atoms with Gasteiger partial charge in [-0.1, -0.05) is 43.6 Å². The summed E-state index contributed by atoms with van der Waals surface area (Å²) in [5.41, 5.74) is 3.23. The summed E-state index contributed by atoms with van der Waals surface area (Å²) < 4.78 is 0. The Balaban J connectivity index is 0.00000109. The lowest BCUT2D eigenvalue weighted by Crippen LogP contribution is -2.58. The second kappa shape index (κ2) is 9.09. The minimum atomic E-state index is -0.231. The highest BCUT2D eigenvalue weighted by atomic mass is 35.5. The smallest absolute Gasteiger partial charge is 0.127 e. The Labute approximate surface area is 171 Å². The molecule has 5 nitrogen and oxygen atoms in total. The van der Waals surface area contributed by atoms with Crippen molar-refractivity contribution in [1.82, 2.24) is 5.32 Å². The van der Waals surface area contributed by atoms with Gasteiger partial charge in [-0.2, -0.15) is 5.26 Å². The van der Waals surface area contributed by atoms with Gasteiger partial charge in [-0.3, -0.25) is 4.99 Å². The topological polar surface area (TPSA) is 72.2 Å². The zero-order chi connectivity index (χ0) is 20.0. The van der Waals surface area contributed by atoms with Gasteiger partial charge in [0.1, 0.15) is 11.9 Å². The summed E-state index contributed by atoms with van der Waals surface area (Å²) in [6.07, 6.45) is 1.87. The van der Waals surface area contributed by atoms with E-state index in [2.05, 4.69) is 22.0 Å². The van der Waals surface area contributed by atoms with Crippen molar-refractivity contribution in [3.8, 4) is 6.07 Å². The van der Waals surface area contributed by atoms with Crippen molar-refractivity contribution in [2.45, 2.75) is 38.8 Å². The van der Waals surface area contributed by atoms with E-state index < -0.39 is 0 Å². The van der Waals surface area contributed by atoms with Crippen LogP contribution in [0.1, 0.15) is 37.8 Å². The highest BCUT2D eigenvalue weighted by Gasteiger charge is 2.41. The van der Waals surface area contributed by atoms with Gasteiger partial charge in [-0.05, 0) is 55.8 Å². The zero-order valence-electron chi connectivity index (χ0n) is 16.3. The van der Waals surface area contributed by atoms with Crippen molar-refractivity contribution in [3.63, 3.8) is 0 Å². The number of benzene rings is 2. The van der Waals surface area contributed by atoms with Gasteiger partial charge in [0.15, 0.2) is 0 Å². The first-order valence-corrected chi connectivity index (χ1v) is 10.2. The van der Waals surface area contributed by atoms with Crippen molar-refractivity contribution in [2.24, 2.45) is 4.99 Å². The molecule has 146 valence electrons. The van der Waals surface area contributed by atoms with E-state index in [9.17, 15) is 5.26 Å². The molecule has 1 spiro atoms. The molecule has 0 saturated carbocycles. The molecule has 2 heterocycles. The molecule has 2 aliphatic rings. The standard InChI is InChI=1S/C20H20ClN5.C2H6/c21-16-5-1-3-14(11-16)13-24-19-20(7-9-23-10-8-20)26-17-6-2-4-15(12-22)18(17)25-19;1-2/h1-6,11,23,26H,7-10,13H2,(H,24,25);1-2H3. The van der Waals surface area contributed by atoms with Crippen LogP contribution >= 0.6 is 11.6 Å². The zero-order valence-corrected chi connectivity index (χ0v) is 17.1. The van der Waals surface area contributed by atoms with Gasteiger partial charge < -0.3 is 16.0 Å². The Morgan fingerprint density at radius 1 is 1.14 bits per heavy atom. The van der Waals surface area contributed by atoms with Crippen LogP contribution in [0, 0.1) is 11.3 Å². The van der Waals surface area contributed by atoms with Crippen LogP contribution in [0.2, 0.25) is 5.02 Å². The number of anilines is 2. The van der Waals surface area contributed by atoms with E-state index in [0.717, 1.165) is 48.7 Å². The average Bonchev–Trinajstić information content (AvgIpc) is 2.74. The van der Waals surface area contributed by atoms with Gasteiger partial charge in [0.2, 0.25) is 0 Å². The SMILES string of the molecule is CC.N#Cc1cccc2c1NC(=NCc1cccc(Cl)c1)C1(CCNCC1)N2. The maximum absolute atomic E-state index is 9.44. The lowest BCUT2D eigenvalue weighted by atomic mass is 9.84. The summed E-state index contributed by atoms with van der Waals surface area (Å²) in [5, 5.41) is 20.7. The lowest BCUT2D eigenvalue weighted by molar-refractivity contribution is 0.419. The molecular formula is C22H26ClN5. The Bertz CT molecular complexity index is 894. The molecule has 6 heteroatoms. The Morgan fingerprint density at radius 2 is 1.89 bits per heavy atom. The van der Waals surface area contributed by atoms with Gasteiger partial charge in [-0.15, -0.1) is 0 Å². The molecule has 0 radical (unpaired) electrons. The first-order valence-electron chi connectivity index (χ1n) is 9.79. The third-order valence-electron chi connectivity index (χ3n) is 5.02. The van der Waals surface area contributed by atoms with Crippen molar-refractivity contribution in [1.29, 1.82) is 5.26 Å². The van der Waals surface area contributed by atoms with E-state index in [4.69, 9.17) is 16.6 Å². The molecule has 0 bridgehead atoms. The maximum atomic E-state index is 9.44. The largest absolute Gasteiger partial charge is 0.371 e. The van der Waals surface area contributed by atoms with Crippen molar-refractivity contribution in [3.05, 3.63) is 58.6 Å². The quantitative estimate of drug-likeness (QED) is 0.683. The first kappa shape index (κ1) is 20.2. The fourth-order valence-electron chi connectivity index (χ4n) is 3.65. The molecule has 0 aliphatic carbocycles. The molecular weight excluding hydrogens is 370 g/mol. The number of para-hydroxylation sites is 1. The Kier molecular flexibility index (Phi) is 6.56. The Hall–Kier alpha value is -2.55. The van der Waals surface area contributed by atoms with Crippen LogP contribution in [0.25, 0.3) is 0 Å². The van der Waals surface area contributed by atoms with E-state index >= 15 is 0 Å². The summed E-state index contributed by atoms with van der Waals surface area (Å²) in [7, 11) is 0. The third kappa shape index (κ3) is 4.14. The maximum Gasteiger partial charge on any atom is 0.127 e. The molecule has 0 unspecified atom stereocenters. The number of rotatable bonds is 2. The lowest BCUT2D eigenvalue weighted by Gasteiger charge is -2.44. The predicted molar refractivity (Wildman–Crippen MR) is 117 cm³/mol. The van der Waals surface area contributed by atoms with Crippen LogP contribution in [0.5, 0.6) is 0 Å². The summed E-state index contributed by atoms with van der Waals surface area (Å²) in [5.74, 6) is 0.897. The van der Waals surface area contributed by atoms with Gasteiger partial charge >= 0.3 is 0 Å². The number of nitrogens with zero attached hydrogens (tertiary/aromatic N) is 2. The molecule has 3 N–H and O–H groups in total. The van der Waals surface area contributed by atoms with Crippen LogP contribution < -0.4 is 16.0 Å². The first-order chi connectivity index (χ1) is 13.7. The Morgan fingerprint density at radius 3 is 2.61 bits per heavy atom. The number of amidine groups is 1. The number of nitriles is 1. The van der Waals surface area contributed by atoms with E-state index in [1.807, 2.05) is 56.3 Å². The molecule has 28 heavy (non-hydrogen) atoms. The molecule has 0 amide bonds. The summed E-state index contributed by atoms with van der Waals surface area (Å²) >= 11 is 6.09. The summed E-state index contributed by atoms with van der Waals surface area (Å²) in [4.78, 5) is 4.89. The van der Waals surface area contributed by atoms with Crippen molar-refractivity contribution >= 4 is 28.8 Å². The molecule has 2 aromatic carbocycles. The van der Waals surface area contributed by atoms with Crippen LogP contribution in [-0.2, 0) is 6.54 Å². The van der Waals surface area contributed by atoms with Gasteiger partial charge in [0.05, 0.1) is 29.0 Å². The van der Waals surface area contributed by atoms with E-state index in [-0.39, 0.29) is 5.54 Å². The number of hydrogen-bond donors (Lipinski definition) is 3. The highest BCUT2D eigenvalue weighted by molar-refractivity contribution is 6.30. The molecule has 0 atom stereocenters. The third-order valence-corrected chi connectivity index (χ3v) is 5.26. The van der Waals surface area contributed by atoms with E-state index in [1.54, 1.807) is 0 Å². The molecule has 4 rings (SSSR count). The van der Waals surface area contributed by atoms with Crippen LogP contribution in [-0.4, -0.2) is 24.5 Å². The normalized spacial score (nSPS) is 18.1. The number of halogens is 1. The molecule has 2 aliphatic heterocycles. The van der Waals surface area contributed by atoms with Crippen LogP contribution in [0.4, 0.5) is 11.4 Å². The minimum absolute atomic E-state index is 0.231. The number of piperidine rings is 1. The average molecular weight is 396 g/mol. The van der Waals surface area contributed by atoms with Crippen LogP contribution in [0.3, 0.4) is 0 Å². The molecule has 1 fully saturated rings. The minimum Gasteiger partial charge on any atom is -0.371 e. The summed E-state index contributed by atoms with van der Waals surface area (Å²) in [6.45, 7) is 6.40. The fraction of sp³-hybridized carbons (Fsp3) is 0.364. The number of nitrogens with one attached hydrogen (secondary N) is 3. The molecule has 0 aromatic heterocycles. The van der Waals surface area contributed by atoms with Gasteiger partial charge in [0.25, 0.3) is 0 Å². The molecule has 1 saturated heterocycles. The number of fused-ring (bicyclic) bond motifs is 1. The second-order valence-electron chi connectivity index (χ2n) is 6.72. The number of aliphatic imine (C=N–C) groups is 1. The summed E-state index contributed by atoms with van der Waals surface area (Å²) in [6, 6.07) is 15.8. The predicted octanol–water partition coefficient (Wildman–Crippen LogP) is 4.80. The molecule has 2 aromatic rings. The van der Waals surface area contributed by atoms with Crippen molar-refractivity contribution < 1.29 is 0 Å². The van der Waals surface area contributed by atoms with E-state index in [0.29, 0.717) is 17.1 Å². The monoisotopic (exact) mass is 395 g/mol.